The minimum absolute atomic E-state index is 0.195. The number of nitrogens with one attached hydrogen (secondary N) is 1. The van der Waals surface area contributed by atoms with E-state index in [0.29, 0.717) is 24.4 Å². The van der Waals surface area contributed by atoms with Gasteiger partial charge in [-0.1, -0.05) is 36.8 Å². The fraction of sp³-hybridized carbons (Fsp3) is 0.667. The summed E-state index contributed by atoms with van der Waals surface area (Å²) in [4.78, 5) is 12.4. The van der Waals surface area contributed by atoms with Crippen LogP contribution in [0.5, 0.6) is 0 Å². The van der Waals surface area contributed by atoms with Crippen LogP contribution in [-0.2, 0) is 11.3 Å². The number of fused-ring (bicyclic) bond motifs is 3. The number of aliphatic hydroxyl groups excluding tert-OH is 1. The molecule has 3 aliphatic carbocycles. The Morgan fingerprint density at radius 3 is 2.88 bits per heavy atom. The van der Waals surface area contributed by atoms with Crippen LogP contribution in [0.1, 0.15) is 50.5 Å². The van der Waals surface area contributed by atoms with Crippen molar-refractivity contribution in [2.75, 3.05) is 6.61 Å². The fourth-order valence-corrected chi connectivity index (χ4v) is 5.99. The van der Waals surface area contributed by atoms with E-state index in [4.69, 9.17) is 4.74 Å². The fourth-order valence-electron chi connectivity index (χ4n) is 5.99. The second kappa shape index (κ2) is 6.99. The highest BCUT2D eigenvalue weighted by molar-refractivity contribution is 5.68. The number of hydrogen-bond donors (Lipinski definition) is 2. The molecular formula is C21H29NO3. The van der Waals surface area contributed by atoms with Crippen molar-refractivity contribution in [2.45, 2.75) is 57.6 Å². The molecule has 0 aromatic heterocycles. The zero-order valence-electron chi connectivity index (χ0n) is 14.8. The Bertz CT molecular complexity index is 604. The van der Waals surface area contributed by atoms with Crippen molar-refractivity contribution in [3.8, 4) is 0 Å². The Labute approximate surface area is 150 Å². The first-order valence-electron chi connectivity index (χ1n) is 9.79. The van der Waals surface area contributed by atoms with Gasteiger partial charge in [0.1, 0.15) is 6.61 Å². The molecule has 3 aliphatic rings. The number of carbonyl (C=O) groups excluding carboxylic acids is 1. The number of benzene rings is 1. The van der Waals surface area contributed by atoms with Crippen LogP contribution in [0.25, 0.3) is 0 Å². The standard InChI is InChI=1S/C21H29NO3/c23-13-16-7-4-10-21(12-16)18-9-8-17(11-18)19(21)22-20(24)25-14-15-5-2-1-3-6-15/h1-3,5-6,16-19,23H,4,7-14H2,(H,22,24). The molecule has 0 radical (unpaired) electrons. The summed E-state index contributed by atoms with van der Waals surface area (Å²) in [5, 5.41) is 12.9. The summed E-state index contributed by atoms with van der Waals surface area (Å²) >= 11 is 0. The van der Waals surface area contributed by atoms with E-state index >= 15 is 0 Å². The lowest BCUT2D eigenvalue weighted by Gasteiger charge is -2.48. The lowest BCUT2D eigenvalue weighted by Crippen LogP contribution is -2.53. The van der Waals surface area contributed by atoms with E-state index in [1.54, 1.807) is 0 Å². The zero-order valence-corrected chi connectivity index (χ0v) is 14.8. The highest BCUT2D eigenvalue weighted by atomic mass is 16.5. The number of hydrogen-bond acceptors (Lipinski definition) is 3. The topological polar surface area (TPSA) is 58.6 Å². The van der Waals surface area contributed by atoms with E-state index in [1.165, 1.54) is 32.1 Å². The number of alkyl carbamates (subject to hydrolysis) is 1. The maximum atomic E-state index is 12.4. The molecule has 0 heterocycles. The first kappa shape index (κ1) is 16.9. The van der Waals surface area contributed by atoms with Crippen molar-refractivity contribution in [1.29, 1.82) is 0 Å². The second-order valence-corrected chi connectivity index (χ2v) is 8.33. The van der Waals surface area contributed by atoms with Gasteiger partial charge in [0.2, 0.25) is 0 Å². The van der Waals surface area contributed by atoms with Crippen LogP contribution < -0.4 is 5.32 Å². The second-order valence-electron chi connectivity index (χ2n) is 8.33. The molecule has 1 aromatic rings. The first-order chi connectivity index (χ1) is 12.2. The Morgan fingerprint density at radius 1 is 1.24 bits per heavy atom. The summed E-state index contributed by atoms with van der Waals surface area (Å²) in [6, 6.07) is 10.0. The molecule has 2 bridgehead atoms. The van der Waals surface area contributed by atoms with Crippen LogP contribution in [0.15, 0.2) is 30.3 Å². The molecule has 1 amide bonds. The van der Waals surface area contributed by atoms with Crippen LogP contribution in [-0.4, -0.2) is 23.8 Å². The van der Waals surface area contributed by atoms with Crippen molar-refractivity contribution in [3.05, 3.63) is 35.9 Å². The summed E-state index contributed by atoms with van der Waals surface area (Å²) in [5.74, 6) is 1.70. The third kappa shape index (κ3) is 3.17. The van der Waals surface area contributed by atoms with E-state index in [-0.39, 0.29) is 24.2 Å². The first-order valence-corrected chi connectivity index (χ1v) is 9.79. The number of aliphatic hydroxyl groups is 1. The molecule has 4 rings (SSSR count). The number of rotatable bonds is 4. The monoisotopic (exact) mass is 343 g/mol. The van der Waals surface area contributed by atoms with Crippen molar-refractivity contribution in [1.82, 2.24) is 5.32 Å². The number of amides is 1. The highest BCUT2D eigenvalue weighted by Crippen LogP contribution is 2.62. The summed E-state index contributed by atoms with van der Waals surface area (Å²) in [6.07, 6.45) is 8.02. The molecule has 2 N–H and O–H groups in total. The van der Waals surface area contributed by atoms with Gasteiger partial charge in [0, 0.05) is 12.6 Å². The van der Waals surface area contributed by atoms with E-state index in [1.807, 2.05) is 30.3 Å². The van der Waals surface area contributed by atoms with Crippen LogP contribution >= 0.6 is 0 Å². The van der Waals surface area contributed by atoms with Gasteiger partial charge >= 0.3 is 6.09 Å². The summed E-state index contributed by atoms with van der Waals surface area (Å²) in [7, 11) is 0. The average Bonchev–Trinajstić information content (AvgIpc) is 3.23. The highest BCUT2D eigenvalue weighted by Gasteiger charge is 2.59. The van der Waals surface area contributed by atoms with Gasteiger partial charge in [-0.2, -0.15) is 0 Å². The smallest absolute Gasteiger partial charge is 0.407 e. The Balaban J connectivity index is 1.42. The molecule has 0 aliphatic heterocycles. The van der Waals surface area contributed by atoms with Crippen molar-refractivity contribution in [3.63, 3.8) is 0 Å². The normalized spacial score (nSPS) is 36.5. The van der Waals surface area contributed by atoms with Gasteiger partial charge in [0.25, 0.3) is 0 Å². The van der Waals surface area contributed by atoms with Gasteiger partial charge < -0.3 is 15.2 Å². The molecule has 136 valence electrons. The van der Waals surface area contributed by atoms with Crippen LogP contribution in [0.2, 0.25) is 0 Å². The molecule has 3 saturated carbocycles. The van der Waals surface area contributed by atoms with E-state index < -0.39 is 0 Å². The average molecular weight is 343 g/mol. The van der Waals surface area contributed by atoms with Crippen molar-refractivity contribution in [2.24, 2.45) is 23.2 Å². The molecule has 5 atom stereocenters. The third-order valence-electron chi connectivity index (χ3n) is 7.04. The van der Waals surface area contributed by atoms with Gasteiger partial charge in [-0.25, -0.2) is 4.79 Å². The molecular weight excluding hydrogens is 314 g/mol. The Kier molecular flexibility index (Phi) is 4.72. The van der Waals surface area contributed by atoms with Gasteiger partial charge in [-0.15, -0.1) is 0 Å². The lowest BCUT2D eigenvalue weighted by molar-refractivity contribution is 0.0149. The summed E-state index contributed by atoms with van der Waals surface area (Å²) in [5.41, 5.74) is 1.21. The molecule has 3 fully saturated rings. The zero-order chi connectivity index (χ0) is 17.3. The van der Waals surface area contributed by atoms with Gasteiger partial charge in [-0.05, 0) is 67.3 Å². The molecule has 0 saturated heterocycles. The van der Waals surface area contributed by atoms with Gasteiger partial charge in [0.05, 0.1) is 0 Å². The SMILES string of the molecule is O=C(NC1C2CCC(C2)C12CCCC(CO)C2)OCc1ccccc1. The molecule has 25 heavy (non-hydrogen) atoms. The number of carbonyl (C=O) groups is 1. The maximum absolute atomic E-state index is 12.4. The van der Waals surface area contributed by atoms with Crippen LogP contribution in [0.3, 0.4) is 0 Å². The van der Waals surface area contributed by atoms with Crippen LogP contribution in [0, 0.1) is 23.2 Å². The minimum Gasteiger partial charge on any atom is -0.445 e. The van der Waals surface area contributed by atoms with Gasteiger partial charge in [0.15, 0.2) is 0 Å². The van der Waals surface area contributed by atoms with E-state index in [9.17, 15) is 9.90 Å². The summed E-state index contributed by atoms with van der Waals surface area (Å²) in [6.45, 7) is 0.601. The molecule has 5 unspecified atom stereocenters. The Morgan fingerprint density at radius 2 is 2.08 bits per heavy atom. The van der Waals surface area contributed by atoms with Crippen molar-refractivity contribution < 1.29 is 14.6 Å². The molecule has 1 spiro atoms. The predicted octanol–water partition coefficient (Wildman–Crippen LogP) is 3.88. The van der Waals surface area contributed by atoms with Crippen LogP contribution in [0.4, 0.5) is 4.79 Å². The maximum Gasteiger partial charge on any atom is 0.407 e. The molecule has 1 aromatic carbocycles. The number of ether oxygens (including phenoxy) is 1. The lowest BCUT2D eigenvalue weighted by atomic mass is 9.59. The Hall–Kier alpha value is -1.55. The minimum atomic E-state index is -0.285. The predicted molar refractivity (Wildman–Crippen MR) is 95.9 cm³/mol. The largest absolute Gasteiger partial charge is 0.445 e. The quantitative estimate of drug-likeness (QED) is 0.872. The molecule has 4 nitrogen and oxygen atoms in total. The van der Waals surface area contributed by atoms with Crippen molar-refractivity contribution >= 4 is 6.09 Å². The van der Waals surface area contributed by atoms with E-state index in [0.717, 1.165) is 18.4 Å². The van der Waals surface area contributed by atoms with E-state index in [2.05, 4.69) is 5.32 Å². The van der Waals surface area contributed by atoms with Gasteiger partial charge in [-0.3, -0.25) is 0 Å². The third-order valence-corrected chi connectivity index (χ3v) is 7.04. The molecule has 4 heteroatoms. The summed E-state index contributed by atoms with van der Waals surface area (Å²) < 4.78 is 5.49.